The summed E-state index contributed by atoms with van der Waals surface area (Å²) in [4.78, 5) is 21.7. The van der Waals surface area contributed by atoms with Crippen molar-refractivity contribution in [1.29, 1.82) is 0 Å². The SMILES string of the molecule is CCc1cc([N-]c2ncc(C)c(Nc3ccccc3)n2)cc(C(=O)OC)c1B1OCC(C)(C)CO1.[Pt]. The molecule has 1 aromatic heterocycles. The molecule has 1 fully saturated rings. The van der Waals surface area contributed by atoms with Crippen LogP contribution in [0, 0.1) is 12.3 Å². The molecular formula is C26H30BN4O4Pt-. The molecule has 0 saturated carbocycles. The number of nitrogens with zero attached hydrogens (tertiary/aromatic N) is 3. The topological polar surface area (TPSA) is 96.7 Å². The van der Waals surface area contributed by atoms with Gasteiger partial charge in [0.15, 0.2) is 0 Å². The van der Waals surface area contributed by atoms with Crippen molar-refractivity contribution in [3.05, 3.63) is 70.7 Å². The Bertz CT molecular complexity index is 1200. The number of aromatic nitrogens is 2. The van der Waals surface area contributed by atoms with Gasteiger partial charge >= 0.3 is 13.1 Å². The van der Waals surface area contributed by atoms with E-state index in [4.69, 9.17) is 14.0 Å². The van der Waals surface area contributed by atoms with Gasteiger partial charge in [-0.05, 0) is 60.6 Å². The van der Waals surface area contributed by atoms with Crippen LogP contribution >= 0.6 is 0 Å². The normalized spacial score (nSPS) is 14.5. The van der Waals surface area contributed by atoms with E-state index in [9.17, 15) is 4.79 Å². The molecule has 0 unspecified atom stereocenters. The molecule has 1 N–H and O–H groups in total. The third-order valence-corrected chi connectivity index (χ3v) is 5.75. The number of aryl methyl sites for hydroxylation is 2. The molecule has 0 spiro atoms. The van der Waals surface area contributed by atoms with E-state index in [1.165, 1.54) is 7.11 Å². The van der Waals surface area contributed by atoms with Crippen LogP contribution in [0.1, 0.15) is 42.3 Å². The van der Waals surface area contributed by atoms with Crippen LogP contribution in [0.5, 0.6) is 0 Å². The van der Waals surface area contributed by atoms with Crippen LogP contribution in [0.2, 0.25) is 0 Å². The Morgan fingerprint density at radius 3 is 2.53 bits per heavy atom. The monoisotopic (exact) mass is 668 g/mol. The summed E-state index contributed by atoms with van der Waals surface area (Å²) in [5, 5.41) is 7.93. The van der Waals surface area contributed by atoms with Crippen LogP contribution in [0.25, 0.3) is 5.32 Å². The zero-order chi connectivity index (χ0) is 25.0. The van der Waals surface area contributed by atoms with Gasteiger partial charge < -0.3 is 34.6 Å². The van der Waals surface area contributed by atoms with Crippen LogP contribution in [-0.4, -0.2) is 43.4 Å². The smallest absolute Gasteiger partial charge is 0.465 e. The summed E-state index contributed by atoms with van der Waals surface area (Å²) in [6.45, 7) is 9.16. The molecule has 2 heterocycles. The maximum atomic E-state index is 12.8. The number of carbonyl (C=O) groups is 1. The number of benzene rings is 2. The Morgan fingerprint density at radius 1 is 1.19 bits per heavy atom. The summed E-state index contributed by atoms with van der Waals surface area (Å²) in [5.41, 5.74) is 4.22. The minimum atomic E-state index is -0.640. The van der Waals surface area contributed by atoms with E-state index in [0.29, 0.717) is 42.2 Å². The molecule has 0 atom stereocenters. The maximum Gasteiger partial charge on any atom is 0.495 e. The fourth-order valence-electron chi connectivity index (χ4n) is 3.86. The van der Waals surface area contributed by atoms with Crippen LogP contribution in [0.3, 0.4) is 0 Å². The van der Waals surface area contributed by atoms with Crippen molar-refractivity contribution in [2.24, 2.45) is 5.41 Å². The van der Waals surface area contributed by atoms with E-state index in [1.807, 2.05) is 50.2 Å². The van der Waals surface area contributed by atoms with Gasteiger partial charge in [-0.3, -0.25) is 0 Å². The van der Waals surface area contributed by atoms with E-state index >= 15 is 0 Å². The quantitative estimate of drug-likeness (QED) is 0.281. The second-order valence-electron chi connectivity index (χ2n) is 9.33. The predicted molar refractivity (Wildman–Crippen MR) is 137 cm³/mol. The van der Waals surface area contributed by atoms with Crippen LogP contribution < -0.4 is 10.8 Å². The molecule has 0 amide bonds. The first-order chi connectivity index (χ1) is 16.8. The van der Waals surface area contributed by atoms with Gasteiger partial charge in [0.05, 0.1) is 18.5 Å². The minimum absolute atomic E-state index is 0. The average molecular weight is 668 g/mol. The summed E-state index contributed by atoms with van der Waals surface area (Å²) in [6, 6.07) is 13.4. The summed E-state index contributed by atoms with van der Waals surface area (Å²) in [5.74, 6) is 0.476. The van der Waals surface area contributed by atoms with Crippen molar-refractivity contribution in [2.45, 2.75) is 34.1 Å². The number of nitrogens with one attached hydrogen (secondary N) is 1. The molecule has 4 rings (SSSR count). The Hall–Kier alpha value is -2.74. The molecule has 3 aromatic rings. The first-order valence-corrected chi connectivity index (χ1v) is 11.7. The molecule has 0 aliphatic carbocycles. The standard InChI is InChI=1S/C26H30BN4O4.Pt/c1-6-18-12-20(13-21(24(32)33-5)22(18)27-34-15-26(3,4)16-35-27)30-25-28-14-17(2)23(31-25)29-19-10-8-7-9-11-19;/h7-14H,6,15-16H2,1-5H3,(H-,28,29,30,31);/q-1;. The Balaban J connectivity index is 0.00000361. The van der Waals surface area contributed by atoms with E-state index in [0.717, 1.165) is 16.8 Å². The molecule has 1 saturated heterocycles. The van der Waals surface area contributed by atoms with Gasteiger partial charge in [-0.15, -0.1) is 0 Å². The first-order valence-electron chi connectivity index (χ1n) is 11.7. The van der Waals surface area contributed by atoms with Gasteiger partial charge in [-0.2, -0.15) is 0 Å². The Labute approximate surface area is 227 Å². The predicted octanol–water partition coefficient (Wildman–Crippen LogP) is 4.98. The van der Waals surface area contributed by atoms with Gasteiger partial charge in [0.2, 0.25) is 0 Å². The van der Waals surface area contributed by atoms with E-state index in [2.05, 4.69) is 34.4 Å². The van der Waals surface area contributed by atoms with Gasteiger partial charge in [0, 0.05) is 56.8 Å². The van der Waals surface area contributed by atoms with Crippen LogP contribution in [0.15, 0.2) is 48.7 Å². The largest absolute Gasteiger partial charge is 0.495 e. The van der Waals surface area contributed by atoms with E-state index < -0.39 is 13.1 Å². The summed E-state index contributed by atoms with van der Waals surface area (Å²) >= 11 is 0. The molecule has 10 heteroatoms. The van der Waals surface area contributed by atoms with Crippen molar-refractivity contribution in [1.82, 2.24) is 9.97 Å². The number of anilines is 2. The molecule has 1 aliphatic heterocycles. The Kier molecular flexibility index (Phi) is 9.28. The van der Waals surface area contributed by atoms with Gasteiger partial charge in [-0.1, -0.05) is 39.0 Å². The van der Waals surface area contributed by atoms with Gasteiger partial charge in [0.25, 0.3) is 0 Å². The fraction of sp³-hybridized carbons (Fsp3) is 0.346. The molecule has 0 radical (unpaired) electrons. The fourth-order valence-corrected chi connectivity index (χ4v) is 3.86. The summed E-state index contributed by atoms with van der Waals surface area (Å²) in [6.07, 6.45) is 2.38. The molecule has 2 aromatic carbocycles. The zero-order valence-electron chi connectivity index (χ0n) is 21.1. The van der Waals surface area contributed by atoms with Crippen molar-refractivity contribution in [3.8, 4) is 0 Å². The minimum Gasteiger partial charge on any atom is -0.465 e. The van der Waals surface area contributed by atoms with Crippen molar-refractivity contribution >= 4 is 41.7 Å². The second-order valence-corrected chi connectivity index (χ2v) is 9.33. The number of hydrogen-bond acceptors (Lipinski definition) is 7. The number of esters is 1. The van der Waals surface area contributed by atoms with Crippen LogP contribution in [-0.2, 0) is 41.5 Å². The molecular weight excluding hydrogens is 638 g/mol. The third kappa shape index (κ3) is 6.52. The molecule has 192 valence electrons. The molecule has 36 heavy (non-hydrogen) atoms. The van der Waals surface area contributed by atoms with Crippen molar-refractivity contribution < 1.29 is 39.9 Å². The number of ether oxygens (including phenoxy) is 1. The molecule has 8 nitrogen and oxygen atoms in total. The number of methoxy groups -OCH3 is 1. The van der Waals surface area contributed by atoms with E-state index in [1.54, 1.807) is 12.3 Å². The maximum absolute atomic E-state index is 12.8. The average Bonchev–Trinajstić information content (AvgIpc) is 2.86. The summed E-state index contributed by atoms with van der Waals surface area (Å²) in [7, 11) is 0.719. The summed E-state index contributed by atoms with van der Waals surface area (Å²) < 4.78 is 17.1. The second kappa shape index (κ2) is 12.0. The molecule has 1 aliphatic rings. The van der Waals surface area contributed by atoms with Crippen molar-refractivity contribution in [2.75, 3.05) is 25.6 Å². The number of rotatable bonds is 7. The first kappa shape index (κ1) is 27.8. The molecule has 0 bridgehead atoms. The third-order valence-electron chi connectivity index (χ3n) is 5.75. The number of para-hydroxylation sites is 1. The van der Waals surface area contributed by atoms with Gasteiger partial charge in [0.1, 0.15) is 0 Å². The van der Waals surface area contributed by atoms with E-state index in [-0.39, 0.29) is 32.4 Å². The van der Waals surface area contributed by atoms with Gasteiger partial charge in [-0.25, -0.2) is 4.79 Å². The number of hydrogen-bond donors (Lipinski definition) is 1. The van der Waals surface area contributed by atoms with Crippen molar-refractivity contribution in [3.63, 3.8) is 0 Å². The Morgan fingerprint density at radius 2 is 1.89 bits per heavy atom. The zero-order valence-corrected chi connectivity index (χ0v) is 23.4. The number of carbonyl (C=O) groups excluding carboxylic acids is 1. The van der Waals surface area contributed by atoms with Crippen LogP contribution in [0.4, 0.5) is 23.1 Å².